The van der Waals surface area contributed by atoms with Crippen molar-refractivity contribution in [3.05, 3.63) is 28.2 Å². The highest BCUT2D eigenvalue weighted by atomic mass is 35.5. The third-order valence-electron chi connectivity index (χ3n) is 4.34. The van der Waals surface area contributed by atoms with Crippen molar-refractivity contribution in [2.24, 2.45) is 5.41 Å². The first-order valence-corrected chi connectivity index (χ1v) is 8.81. The Morgan fingerprint density at radius 2 is 2.04 bits per heavy atom. The summed E-state index contributed by atoms with van der Waals surface area (Å²) in [6.07, 6.45) is 1.27. The van der Waals surface area contributed by atoms with Crippen LogP contribution in [0, 0.1) is 5.41 Å². The number of carbonyl (C=O) groups excluding carboxylic acids is 1. The quantitative estimate of drug-likeness (QED) is 0.722. The minimum atomic E-state index is -0.665. The molecule has 2 rings (SSSR count). The smallest absolute Gasteiger partial charge is 0.260 e. The fraction of sp³-hybridized carbons (Fsp3) is 0.588. The van der Waals surface area contributed by atoms with E-state index < -0.39 is 6.10 Å². The van der Waals surface area contributed by atoms with Gasteiger partial charge in [-0.25, -0.2) is 0 Å². The first-order valence-electron chi connectivity index (χ1n) is 8.05. The van der Waals surface area contributed by atoms with E-state index in [2.05, 4.69) is 10.6 Å². The molecule has 0 radical (unpaired) electrons. The summed E-state index contributed by atoms with van der Waals surface area (Å²) in [7, 11) is 1.69. The van der Waals surface area contributed by atoms with Crippen molar-refractivity contribution in [2.45, 2.75) is 25.9 Å². The molecule has 1 unspecified atom stereocenters. The molecule has 142 valence electrons. The van der Waals surface area contributed by atoms with E-state index in [0.29, 0.717) is 28.9 Å². The number of carbonyl (C=O) groups is 1. The van der Waals surface area contributed by atoms with Crippen LogP contribution in [-0.2, 0) is 9.53 Å². The maximum atomic E-state index is 12.4. The van der Waals surface area contributed by atoms with E-state index in [1.54, 1.807) is 32.2 Å². The topological polar surface area (TPSA) is 59.6 Å². The minimum absolute atomic E-state index is 0. The molecule has 1 saturated heterocycles. The molecule has 1 fully saturated rings. The van der Waals surface area contributed by atoms with Gasteiger partial charge in [0, 0.05) is 19.1 Å². The molecule has 0 spiro atoms. The number of amides is 1. The van der Waals surface area contributed by atoms with Crippen molar-refractivity contribution in [3.8, 4) is 5.75 Å². The van der Waals surface area contributed by atoms with Gasteiger partial charge < -0.3 is 20.1 Å². The maximum absolute atomic E-state index is 12.4. The molecule has 1 aromatic rings. The average Bonchev–Trinajstić information content (AvgIpc) is 2.58. The molecule has 1 amide bonds. The Hall–Kier alpha value is -0.720. The van der Waals surface area contributed by atoms with E-state index in [0.717, 1.165) is 25.9 Å². The van der Waals surface area contributed by atoms with E-state index in [-0.39, 0.29) is 23.7 Å². The van der Waals surface area contributed by atoms with Gasteiger partial charge in [-0.05, 0) is 45.0 Å². The standard InChI is InChI=1S/C17H24Cl2N2O3.ClH/c1-12(24-14-5-3-4-13(18)15(14)19)16(22)21-10-17(11-23-2)6-8-20-9-7-17;/h3-5,12,20H,6-11H2,1-2H3,(H,21,22);1H. The van der Waals surface area contributed by atoms with Crippen LogP contribution in [0.25, 0.3) is 0 Å². The Morgan fingerprint density at radius 1 is 1.36 bits per heavy atom. The van der Waals surface area contributed by atoms with Gasteiger partial charge in [-0.1, -0.05) is 29.3 Å². The zero-order chi connectivity index (χ0) is 17.6. The number of nitrogens with one attached hydrogen (secondary N) is 2. The molecule has 0 aromatic heterocycles. The highest BCUT2D eigenvalue weighted by Gasteiger charge is 2.33. The molecule has 0 saturated carbocycles. The predicted molar refractivity (Wildman–Crippen MR) is 103 cm³/mol. The van der Waals surface area contributed by atoms with Crippen molar-refractivity contribution in [2.75, 3.05) is 33.4 Å². The van der Waals surface area contributed by atoms with E-state index in [9.17, 15) is 4.79 Å². The Morgan fingerprint density at radius 3 is 2.68 bits per heavy atom. The van der Waals surface area contributed by atoms with E-state index in [1.807, 2.05) is 0 Å². The molecular formula is C17H25Cl3N2O3. The summed E-state index contributed by atoms with van der Waals surface area (Å²) in [5, 5.41) is 7.03. The van der Waals surface area contributed by atoms with Crippen molar-refractivity contribution in [1.29, 1.82) is 0 Å². The lowest BCUT2D eigenvalue weighted by Gasteiger charge is -2.37. The van der Waals surface area contributed by atoms with E-state index >= 15 is 0 Å². The van der Waals surface area contributed by atoms with E-state index in [4.69, 9.17) is 32.7 Å². The second-order valence-electron chi connectivity index (χ2n) is 6.21. The van der Waals surface area contributed by atoms with Gasteiger partial charge in [0.05, 0.1) is 11.6 Å². The van der Waals surface area contributed by atoms with Gasteiger partial charge in [-0.15, -0.1) is 12.4 Å². The van der Waals surface area contributed by atoms with Crippen molar-refractivity contribution < 1.29 is 14.3 Å². The highest BCUT2D eigenvalue weighted by Crippen LogP contribution is 2.32. The molecule has 1 aromatic carbocycles. The van der Waals surface area contributed by atoms with Crippen molar-refractivity contribution >= 4 is 41.5 Å². The van der Waals surface area contributed by atoms with Crippen LogP contribution in [0.15, 0.2) is 18.2 Å². The van der Waals surface area contributed by atoms with Crippen LogP contribution in [0.2, 0.25) is 10.0 Å². The van der Waals surface area contributed by atoms with Crippen LogP contribution in [0.4, 0.5) is 0 Å². The van der Waals surface area contributed by atoms with Crippen LogP contribution < -0.4 is 15.4 Å². The Bertz CT molecular complexity index is 561. The van der Waals surface area contributed by atoms with Crippen LogP contribution in [-0.4, -0.2) is 45.4 Å². The summed E-state index contributed by atoms with van der Waals surface area (Å²) in [5.41, 5.74) is -0.0247. The van der Waals surface area contributed by atoms with Gasteiger partial charge in [-0.3, -0.25) is 4.79 Å². The van der Waals surface area contributed by atoms with Crippen LogP contribution in [0.1, 0.15) is 19.8 Å². The zero-order valence-corrected chi connectivity index (χ0v) is 16.8. The maximum Gasteiger partial charge on any atom is 0.260 e. The lowest BCUT2D eigenvalue weighted by molar-refractivity contribution is -0.128. The molecule has 1 atom stereocenters. The number of rotatable bonds is 7. The van der Waals surface area contributed by atoms with Gasteiger partial charge in [0.1, 0.15) is 10.8 Å². The number of hydrogen-bond acceptors (Lipinski definition) is 4. The highest BCUT2D eigenvalue weighted by molar-refractivity contribution is 6.42. The monoisotopic (exact) mass is 410 g/mol. The third-order valence-corrected chi connectivity index (χ3v) is 5.14. The number of benzene rings is 1. The Balaban J connectivity index is 0.00000312. The molecule has 5 nitrogen and oxygen atoms in total. The number of ether oxygens (including phenoxy) is 2. The normalized spacial score (nSPS) is 17.3. The van der Waals surface area contributed by atoms with Crippen LogP contribution in [0.5, 0.6) is 5.75 Å². The summed E-state index contributed by atoms with van der Waals surface area (Å²) in [6.45, 7) is 4.76. The van der Waals surface area contributed by atoms with Crippen LogP contribution in [0.3, 0.4) is 0 Å². The van der Waals surface area contributed by atoms with Gasteiger partial charge in [0.2, 0.25) is 0 Å². The predicted octanol–water partition coefficient (Wildman–Crippen LogP) is 3.31. The molecule has 8 heteroatoms. The van der Waals surface area contributed by atoms with E-state index in [1.165, 1.54) is 0 Å². The Kier molecular flexibility index (Phi) is 9.32. The van der Waals surface area contributed by atoms with Crippen LogP contribution >= 0.6 is 35.6 Å². The lowest BCUT2D eigenvalue weighted by atomic mass is 9.79. The molecule has 1 heterocycles. The first kappa shape index (κ1) is 22.3. The van der Waals surface area contributed by atoms with Crippen molar-refractivity contribution in [3.63, 3.8) is 0 Å². The summed E-state index contributed by atoms with van der Waals surface area (Å²) < 4.78 is 11.0. The second kappa shape index (κ2) is 10.4. The number of piperidine rings is 1. The molecule has 1 aliphatic heterocycles. The summed E-state index contributed by atoms with van der Waals surface area (Å²) >= 11 is 12.1. The third kappa shape index (κ3) is 6.19. The van der Waals surface area contributed by atoms with Gasteiger partial charge in [0.25, 0.3) is 5.91 Å². The zero-order valence-electron chi connectivity index (χ0n) is 14.4. The largest absolute Gasteiger partial charge is 0.479 e. The fourth-order valence-electron chi connectivity index (χ4n) is 2.87. The number of halogens is 3. The first-order chi connectivity index (χ1) is 11.5. The summed E-state index contributed by atoms with van der Waals surface area (Å²) in [4.78, 5) is 12.4. The molecule has 1 aliphatic rings. The van der Waals surface area contributed by atoms with Gasteiger partial charge in [-0.2, -0.15) is 0 Å². The van der Waals surface area contributed by atoms with Gasteiger partial charge in [0.15, 0.2) is 6.10 Å². The SMILES string of the molecule is COCC1(CNC(=O)C(C)Oc2cccc(Cl)c2Cl)CCNCC1.Cl. The molecule has 0 aliphatic carbocycles. The molecule has 0 bridgehead atoms. The van der Waals surface area contributed by atoms with Crippen molar-refractivity contribution in [1.82, 2.24) is 10.6 Å². The average molecular weight is 412 g/mol. The molecule has 2 N–H and O–H groups in total. The minimum Gasteiger partial charge on any atom is -0.479 e. The number of hydrogen-bond donors (Lipinski definition) is 2. The Labute approximate surface area is 165 Å². The summed E-state index contributed by atoms with van der Waals surface area (Å²) in [5.74, 6) is 0.223. The molecule has 25 heavy (non-hydrogen) atoms. The molecular weight excluding hydrogens is 387 g/mol. The number of methoxy groups -OCH3 is 1. The fourth-order valence-corrected chi connectivity index (χ4v) is 3.21. The summed E-state index contributed by atoms with van der Waals surface area (Å²) in [6, 6.07) is 5.10. The lowest BCUT2D eigenvalue weighted by Crippen LogP contribution is -2.49. The second-order valence-corrected chi connectivity index (χ2v) is 7.00. The van der Waals surface area contributed by atoms with Gasteiger partial charge >= 0.3 is 0 Å².